The first kappa shape index (κ1) is 25.6. The zero-order valence-electron chi connectivity index (χ0n) is 19.5. The standard InChI is InChI=1S/C25H28N2O6.Fe/c1-5-6-12-31-23(30)33-25-18-8-7-9-19(26)21(18)22(29)24(25,27-15(4)28)17-11-10-16(14(2)3)13-20(17)32-25;/h7-11,13-14H,5-6,12,26H2,1-4H3,(H,27,28);. The molecule has 1 aliphatic heterocycles. The van der Waals surface area contributed by atoms with Crippen LogP contribution in [0.3, 0.4) is 0 Å². The third-order valence-corrected chi connectivity index (χ3v) is 6.15. The van der Waals surface area contributed by atoms with Crippen LogP contribution in [-0.4, -0.2) is 24.5 Å². The Hall–Kier alpha value is -3.03. The van der Waals surface area contributed by atoms with Gasteiger partial charge in [0.25, 0.3) is 0 Å². The number of nitrogens with two attached hydrogens (primary N) is 1. The third-order valence-electron chi connectivity index (χ3n) is 6.15. The van der Waals surface area contributed by atoms with E-state index in [1.807, 2.05) is 26.8 Å². The van der Waals surface area contributed by atoms with E-state index >= 15 is 0 Å². The molecule has 34 heavy (non-hydrogen) atoms. The number of Topliss-reactive ketones (excluding diaryl/α,β-unsaturated/α-hetero) is 1. The van der Waals surface area contributed by atoms with Gasteiger partial charge in [-0.25, -0.2) is 4.79 Å². The van der Waals surface area contributed by atoms with Crippen LogP contribution in [0.2, 0.25) is 0 Å². The maximum absolute atomic E-state index is 14.0. The van der Waals surface area contributed by atoms with E-state index in [0.29, 0.717) is 17.7 Å². The Kier molecular flexibility index (Phi) is 7.01. The zero-order valence-corrected chi connectivity index (χ0v) is 20.6. The van der Waals surface area contributed by atoms with Gasteiger partial charge in [0, 0.05) is 35.2 Å². The molecular formula is C25H28FeN2O6. The maximum atomic E-state index is 14.0. The first-order valence-corrected chi connectivity index (χ1v) is 11.1. The minimum absolute atomic E-state index is 0. The molecule has 2 aromatic carbocycles. The molecule has 0 aromatic heterocycles. The van der Waals surface area contributed by atoms with Crippen LogP contribution in [0, 0.1) is 0 Å². The number of ketones is 1. The van der Waals surface area contributed by atoms with Gasteiger partial charge in [0.15, 0.2) is 0 Å². The Morgan fingerprint density at radius 3 is 2.56 bits per heavy atom. The minimum Gasteiger partial charge on any atom is -0.445 e. The first-order chi connectivity index (χ1) is 15.7. The summed E-state index contributed by atoms with van der Waals surface area (Å²) in [5, 5.41) is 2.76. The molecule has 1 heterocycles. The molecule has 8 nitrogen and oxygen atoms in total. The summed E-state index contributed by atoms with van der Waals surface area (Å²) < 4.78 is 17.4. The molecule has 2 atom stereocenters. The van der Waals surface area contributed by atoms with Crippen LogP contribution in [0.4, 0.5) is 10.5 Å². The molecule has 2 aliphatic rings. The number of carbonyl (C=O) groups is 3. The summed E-state index contributed by atoms with van der Waals surface area (Å²) in [6, 6.07) is 10.2. The summed E-state index contributed by atoms with van der Waals surface area (Å²) in [4.78, 5) is 39.2. The molecule has 0 saturated carbocycles. The third kappa shape index (κ3) is 3.63. The number of unbranched alkanes of at least 4 members (excludes halogenated alkanes) is 1. The van der Waals surface area contributed by atoms with E-state index < -0.39 is 29.2 Å². The monoisotopic (exact) mass is 508 g/mol. The van der Waals surface area contributed by atoms with Gasteiger partial charge in [-0.2, -0.15) is 0 Å². The van der Waals surface area contributed by atoms with Crippen molar-refractivity contribution in [3.05, 3.63) is 58.7 Å². The number of nitrogen functional groups attached to an aromatic ring is 1. The second-order valence-corrected chi connectivity index (χ2v) is 8.71. The summed E-state index contributed by atoms with van der Waals surface area (Å²) in [6.45, 7) is 7.46. The predicted octanol–water partition coefficient (Wildman–Crippen LogP) is 4.12. The molecule has 2 unspecified atom stereocenters. The van der Waals surface area contributed by atoms with Crippen LogP contribution >= 0.6 is 0 Å². The molecular weight excluding hydrogens is 480 g/mol. The van der Waals surface area contributed by atoms with Crippen molar-refractivity contribution in [1.29, 1.82) is 0 Å². The number of hydrogen-bond acceptors (Lipinski definition) is 7. The topological polar surface area (TPSA) is 117 Å². The van der Waals surface area contributed by atoms with Crippen molar-refractivity contribution in [2.45, 2.75) is 57.8 Å². The minimum atomic E-state index is -2.00. The summed E-state index contributed by atoms with van der Waals surface area (Å²) in [7, 11) is 0. The Morgan fingerprint density at radius 1 is 1.18 bits per heavy atom. The van der Waals surface area contributed by atoms with Crippen LogP contribution < -0.4 is 15.8 Å². The van der Waals surface area contributed by atoms with E-state index in [4.69, 9.17) is 19.9 Å². The Labute approximate surface area is 209 Å². The fraction of sp³-hybridized carbons (Fsp3) is 0.400. The Morgan fingerprint density at radius 2 is 1.91 bits per heavy atom. The molecule has 0 spiro atoms. The zero-order chi connectivity index (χ0) is 24.0. The van der Waals surface area contributed by atoms with Crippen LogP contribution in [0.25, 0.3) is 0 Å². The number of anilines is 1. The number of carbonyl (C=O) groups excluding carboxylic acids is 3. The van der Waals surface area contributed by atoms with Crippen molar-refractivity contribution >= 4 is 23.5 Å². The van der Waals surface area contributed by atoms with Gasteiger partial charge in [0.05, 0.1) is 17.7 Å². The summed E-state index contributed by atoms with van der Waals surface area (Å²) in [5.74, 6) is -2.47. The van der Waals surface area contributed by atoms with Crippen LogP contribution in [0.1, 0.15) is 73.5 Å². The number of nitrogens with one attached hydrogen (secondary N) is 1. The van der Waals surface area contributed by atoms with Gasteiger partial charge in [0.1, 0.15) is 5.75 Å². The second-order valence-electron chi connectivity index (χ2n) is 8.71. The normalized spacial score (nSPS) is 21.6. The van der Waals surface area contributed by atoms with Gasteiger partial charge < -0.3 is 25.3 Å². The molecule has 0 radical (unpaired) electrons. The summed E-state index contributed by atoms with van der Waals surface area (Å²) in [5.41, 5.74) is 6.28. The number of hydrogen-bond donors (Lipinski definition) is 2. The molecule has 4 rings (SSSR count). The summed E-state index contributed by atoms with van der Waals surface area (Å²) in [6.07, 6.45) is 0.477. The van der Waals surface area contributed by atoms with E-state index in [9.17, 15) is 14.4 Å². The van der Waals surface area contributed by atoms with Crippen molar-refractivity contribution in [2.24, 2.45) is 0 Å². The summed E-state index contributed by atoms with van der Waals surface area (Å²) >= 11 is 0. The maximum Gasteiger partial charge on any atom is 0.511 e. The number of fused-ring (bicyclic) bond motifs is 5. The number of rotatable bonds is 6. The fourth-order valence-corrected chi connectivity index (χ4v) is 4.58. The van der Waals surface area contributed by atoms with Crippen molar-refractivity contribution in [3.8, 4) is 5.75 Å². The smallest absolute Gasteiger partial charge is 0.445 e. The number of amides is 1. The van der Waals surface area contributed by atoms with E-state index in [1.165, 1.54) is 6.92 Å². The van der Waals surface area contributed by atoms with Gasteiger partial charge in [-0.3, -0.25) is 9.59 Å². The van der Waals surface area contributed by atoms with Crippen LogP contribution in [0.5, 0.6) is 5.75 Å². The van der Waals surface area contributed by atoms with Gasteiger partial charge >= 0.3 is 11.9 Å². The van der Waals surface area contributed by atoms with Crippen LogP contribution in [-0.2, 0) is 42.7 Å². The Bertz CT molecular complexity index is 1150. The molecule has 182 valence electrons. The average Bonchev–Trinajstić information content (AvgIpc) is 3.12. The van der Waals surface area contributed by atoms with E-state index in [1.54, 1.807) is 30.3 Å². The van der Waals surface area contributed by atoms with Crippen molar-refractivity contribution < 1.29 is 45.7 Å². The van der Waals surface area contributed by atoms with Gasteiger partial charge in [-0.15, -0.1) is 0 Å². The van der Waals surface area contributed by atoms with Crippen molar-refractivity contribution in [2.75, 3.05) is 12.3 Å². The molecule has 1 aliphatic carbocycles. The molecule has 1 amide bonds. The molecule has 3 N–H and O–H groups in total. The molecule has 0 saturated heterocycles. The van der Waals surface area contributed by atoms with Gasteiger partial charge in [-0.05, 0) is 30.0 Å². The van der Waals surface area contributed by atoms with E-state index in [2.05, 4.69) is 5.32 Å². The largest absolute Gasteiger partial charge is 0.511 e. The molecule has 0 fully saturated rings. The quantitative estimate of drug-likeness (QED) is 0.261. The average molecular weight is 508 g/mol. The van der Waals surface area contributed by atoms with Gasteiger partial charge in [0.2, 0.25) is 17.2 Å². The first-order valence-electron chi connectivity index (χ1n) is 11.1. The molecule has 0 bridgehead atoms. The van der Waals surface area contributed by atoms with Gasteiger partial charge in [-0.1, -0.05) is 51.5 Å². The van der Waals surface area contributed by atoms with Crippen LogP contribution in [0.15, 0.2) is 36.4 Å². The van der Waals surface area contributed by atoms with E-state index in [0.717, 1.165) is 12.0 Å². The number of ether oxygens (including phenoxy) is 3. The molecule has 2 aromatic rings. The molecule has 9 heteroatoms. The second kappa shape index (κ2) is 9.31. The fourth-order valence-electron chi connectivity index (χ4n) is 4.58. The predicted molar refractivity (Wildman–Crippen MR) is 121 cm³/mol. The van der Waals surface area contributed by atoms with E-state index in [-0.39, 0.29) is 46.4 Å². The number of benzene rings is 2. The Balaban J connectivity index is 0.00000324. The van der Waals surface area contributed by atoms with Crippen molar-refractivity contribution in [1.82, 2.24) is 5.32 Å². The SMILES string of the molecule is CCCCOC(=O)OC12Oc3cc(C(C)C)ccc3C1(NC(C)=O)C(=O)c1c(N)cccc12.[Fe]. The van der Waals surface area contributed by atoms with Crippen molar-refractivity contribution in [3.63, 3.8) is 0 Å².